The van der Waals surface area contributed by atoms with E-state index in [1.807, 2.05) is 60.7 Å². The number of fused-ring (bicyclic) bond motifs is 1. The standard InChI is InChI=1S/C25H26N2O4/c1-28-19-8-6-9-20(17-19)31-15-7-14-27-22-11-5-4-10-21(22)26-25(27)18-12-13-23(29-2)24(16-18)30-3/h4-6,8-13,16-17H,7,14-15H2,1-3H3. The van der Waals surface area contributed by atoms with Crippen LogP contribution in [0.25, 0.3) is 22.4 Å². The first-order valence-corrected chi connectivity index (χ1v) is 10.2. The number of rotatable bonds is 9. The van der Waals surface area contributed by atoms with Crippen molar-refractivity contribution in [3.05, 3.63) is 66.7 Å². The van der Waals surface area contributed by atoms with Gasteiger partial charge in [-0.1, -0.05) is 18.2 Å². The fourth-order valence-corrected chi connectivity index (χ4v) is 3.60. The molecule has 4 rings (SSSR count). The number of methoxy groups -OCH3 is 3. The quantitative estimate of drug-likeness (QED) is 0.350. The first-order chi connectivity index (χ1) is 15.2. The number of aromatic nitrogens is 2. The van der Waals surface area contributed by atoms with Crippen molar-refractivity contribution in [3.63, 3.8) is 0 Å². The third-order valence-corrected chi connectivity index (χ3v) is 5.13. The lowest BCUT2D eigenvalue weighted by Crippen LogP contribution is -2.06. The minimum atomic E-state index is 0.588. The number of nitrogens with zero attached hydrogens (tertiary/aromatic N) is 2. The molecule has 0 aliphatic rings. The molecule has 6 nitrogen and oxygen atoms in total. The van der Waals surface area contributed by atoms with Gasteiger partial charge in [0.25, 0.3) is 0 Å². The van der Waals surface area contributed by atoms with E-state index in [9.17, 15) is 0 Å². The lowest BCUT2D eigenvalue weighted by molar-refractivity contribution is 0.300. The molecule has 160 valence electrons. The second-order valence-electron chi connectivity index (χ2n) is 7.03. The molecule has 0 amide bonds. The van der Waals surface area contributed by atoms with E-state index in [0.717, 1.165) is 46.9 Å². The summed E-state index contributed by atoms with van der Waals surface area (Å²) in [6, 6.07) is 21.7. The Bertz CT molecular complexity index is 1170. The van der Waals surface area contributed by atoms with Gasteiger partial charge in [-0.05, 0) is 48.9 Å². The molecule has 4 aromatic rings. The van der Waals surface area contributed by atoms with Gasteiger partial charge >= 0.3 is 0 Å². The van der Waals surface area contributed by atoms with Gasteiger partial charge in [0.1, 0.15) is 17.3 Å². The molecule has 1 heterocycles. The maximum absolute atomic E-state index is 5.92. The molecule has 0 saturated heterocycles. The average Bonchev–Trinajstić information content (AvgIpc) is 3.20. The molecule has 0 fully saturated rings. The van der Waals surface area contributed by atoms with Crippen LogP contribution in [0.5, 0.6) is 23.0 Å². The van der Waals surface area contributed by atoms with E-state index in [1.54, 1.807) is 21.3 Å². The fraction of sp³-hybridized carbons (Fsp3) is 0.240. The Morgan fingerprint density at radius 1 is 0.774 bits per heavy atom. The smallest absolute Gasteiger partial charge is 0.161 e. The molecule has 0 spiro atoms. The van der Waals surface area contributed by atoms with Gasteiger partial charge in [-0.25, -0.2) is 4.98 Å². The minimum Gasteiger partial charge on any atom is -0.497 e. The maximum Gasteiger partial charge on any atom is 0.161 e. The highest BCUT2D eigenvalue weighted by atomic mass is 16.5. The highest BCUT2D eigenvalue weighted by Gasteiger charge is 2.14. The van der Waals surface area contributed by atoms with Crippen LogP contribution in [0.3, 0.4) is 0 Å². The number of benzene rings is 3. The molecule has 0 bridgehead atoms. The molecule has 0 aliphatic heterocycles. The lowest BCUT2D eigenvalue weighted by Gasteiger charge is -2.13. The number of imidazole rings is 1. The van der Waals surface area contributed by atoms with Gasteiger partial charge in [0, 0.05) is 18.2 Å². The van der Waals surface area contributed by atoms with Crippen LogP contribution in [0.2, 0.25) is 0 Å². The molecule has 0 unspecified atom stereocenters. The first-order valence-electron chi connectivity index (χ1n) is 10.2. The Kier molecular flexibility index (Phi) is 6.26. The molecule has 1 aromatic heterocycles. The van der Waals surface area contributed by atoms with Crippen LogP contribution in [-0.2, 0) is 6.54 Å². The molecule has 6 heteroatoms. The molecule has 3 aromatic carbocycles. The second-order valence-corrected chi connectivity index (χ2v) is 7.03. The van der Waals surface area contributed by atoms with Crippen molar-refractivity contribution in [1.82, 2.24) is 9.55 Å². The number of ether oxygens (including phenoxy) is 4. The summed E-state index contributed by atoms with van der Waals surface area (Å²) in [6.45, 7) is 1.36. The summed E-state index contributed by atoms with van der Waals surface area (Å²) >= 11 is 0. The van der Waals surface area contributed by atoms with Gasteiger partial charge in [0.15, 0.2) is 11.5 Å². The number of hydrogen-bond donors (Lipinski definition) is 0. The number of hydrogen-bond acceptors (Lipinski definition) is 5. The lowest BCUT2D eigenvalue weighted by atomic mass is 10.2. The number of aryl methyl sites for hydroxylation is 1. The highest BCUT2D eigenvalue weighted by Crippen LogP contribution is 2.33. The predicted molar refractivity (Wildman–Crippen MR) is 121 cm³/mol. The third kappa shape index (κ3) is 4.43. The van der Waals surface area contributed by atoms with Gasteiger partial charge in [-0.3, -0.25) is 0 Å². The van der Waals surface area contributed by atoms with E-state index in [0.29, 0.717) is 18.1 Å². The van der Waals surface area contributed by atoms with Crippen LogP contribution in [0.4, 0.5) is 0 Å². The maximum atomic E-state index is 5.92. The Morgan fingerprint density at radius 3 is 2.39 bits per heavy atom. The normalized spacial score (nSPS) is 10.8. The summed E-state index contributed by atoms with van der Waals surface area (Å²) in [4.78, 5) is 4.88. The summed E-state index contributed by atoms with van der Waals surface area (Å²) in [5.41, 5.74) is 3.03. The minimum absolute atomic E-state index is 0.588. The summed E-state index contributed by atoms with van der Waals surface area (Å²) in [5, 5.41) is 0. The first kappa shape index (κ1) is 20.6. The SMILES string of the molecule is COc1cccc(OCCCn2c(-c3ccc(OC)c(OC)c3)nc3ccccc32)c1. The van der Waals surface area contributed by atoms with Gasteiger partial charge in [0.2, 0.25) is 0 Å². The fourth-order valence-electron chi connectivity index (χ4n) is 3.60. The van der Waals surface area contributed by atoms with E-state index in [4.69, 9.17) is 23.9 Å². The Balaban J connectivity index is 1.57. The van der Waals surface area contributed by atoms with Crippen molar-refractivity contribution in [3.8, 4) is 34.4 Å². The average molecular weight is 418 g/mol. The summed E-state index contributed by atoms with van der Waals surface area (Å²) in [6.07, 6.45) is 0.831. The highest BCUT2D eigenvalue weighted by molar-refractivity contribution is 5.81. The summed E-state index contributed by atoms with van der Waals surface area (Å²) < 4.78 is 24.3. The van der Waals surface area contributed by atoms with Gasteiger partial charge in [-0.2, -0.15) is 0 Å². The van der Waals surface area contributed by atoms with Crippen LogP contribution in [-0.4, -0.2) is 37.5 Å². The topological polar surface area (TPSA) is 54.7 Å². The zero-order valence-corrected chi connectivity index (χ0v) is 18.0. The van der Waals surface area contributed by atoms with Crippen molar-refractivity contribution in [2.45, 2.75) is 13.0 Å². The van der Waals surface area contributed by atoms with Gasteiger partial charge in [-0.15, -0.1) is 0 Å². The molecule has 31 heavy (non-hydrogen) atoms. The van der Waals surface area contributed by atoms with Crippen LogP contribution >= 0.6 is 0 Å². The van der Waals surface area contributed by atoms with Crippen LogP contribution in [0.1, 0.15) is 6.42 Å². The Labute approximate surface area is 182 Å². The zero-order chi connectivity index (χ0) is 21.6. The van der Waals surface area contributed by atoms with E-state index >= 15 is 0 Å². The van der Waals surface area contributed by atoms with Gasteiger partial charge < -0.3 is 23.5 Å². The van der Waals surface area contributed by atoms with Crippen LogP contribution in [0.15, 0.2) is 66.7 Å². The van der Waals surface area contributed by atoms with Crippen molar-refractivity contribution < 1.29 is 18.9 Å². The van der Waals surface area contributed by atoms with E-state index < -0.39 is 0 Å². The molecular weight excluding hydrogens is 392 g/mol. The molecule has 0 radical (unpaired) electrons. The van der Waals surface area contributed by atoms with E-state index in [2.05, 4.69) is 10.6 Å². The summed E-state index contributed by atoms with van der Waals surface area (Å²) in [7, 11) is 4.93. The zero-order valence-electron chi connectivity index (χ0n) is 18.0. The molecule has 0 aliphatic carbocycles. The molecule has 0 atom stereocenters. The van der Waals surface area contributed by atoms with Crippen molar-refractivity contribution >= 4 is 11.0 Å². The van der Waals surface area contributed by atoms with Crippen molar-refractivity contribution in [1.29, 1.82) is 0 Å². The second kappa shape index (κ2) is 9.43. The van der Waals surface area contributed by atoms with E-state index in [1.165, 1.54) is 0 Å². The third-order valence-electron chi connectivity index (χ3n) is 5.13. The Hall–Kier alpha value is -3.67. The van der Waals surface area contributed by atoms with Crippen molar-refractivity contribution in [2.75, 3.05) is 27.9 Å². The largest absolute Gasteiger partial charge is 0.497 e. The monoisotopic (exact) mass is 418 g/mol. The van der Waals surface area contributed by atoms with Gasteiger partial charge in [0.05, 0.1) is 39.0 Å². The van der Waals surface area contributed by atoms with Crippen LogP contribution < -0.4 is 18.9 Å². The predicted octanol–water partition coefficient (Wildman–Crippen LogP) is 5.20. The molecule has 0 saturated carbocycles. The molecule has 0 N–H and O–H groups in total. The van der Waals surface area contributed by atoms with E-state index in [-0.39, 0.29) is 0 Å². The number of para-hydroxylation sites is 2. The van der Waals surface area contributed by atoms with Crippen molar-refractivity contribution in [2.24, 2.45) is 0 Å². The Morgan fingerprint density at radius 2 is 1.58 bits per heavy atom. The van der Waals surface area contributed by atoms with Crippen LogP contribution in [0, 0.1) is 0 Å². The summed E-state index contributed by atoms with van der Waals surface area (Å²) in [5.74, 6) is 3.85. The molecular formula is C25H26N2O4.